The molecular weight excluding hydrogens is 266 g/mol. The Morgan fingerprint density at radius 2 is 2.30 bits per heavy atom. The number of anilines is 1. The summed E-state index contributed by atoms with van der Waals surface area (Å²) in [5.41, 5.74) is 2.15. The van der Waals surface area contributed by atoms with Crippen molar-refractivity contribution in [2.45, 2.75) is 25.3 Å². The molecule has 1 amide bonds. The van der Waals surface area contributed by atoms with Crippen LogP contribution in [0.5, 0.6) is 0 Å². The molecule has 1 aliphatic heterocycles. The molecule has 0 aliphatic carbocycles. The molecule has 1 unspecified atom stereocenters. The number of amides is 1. The zero-order valence-electron chi connectivity index (χ0n) is 10.8. The molecule has 1 fully saturated rings. The fourth-order valence-corrected chi connectivity index (χ4v) is 2.35. The molecule has 0 saturated carbocycles. The van der Waals surface area contributed by atoms with Gasteiger partial charge in [-0.2, -0.15) is 0 Å². The van der Waals surface area contributed by atoms with Crippen molar-refractivity contribution in [3.8, 4) is 0 Å². The molecule has 3 N–H and O–H groups in total. The number of H-pyrrole nitrogens is 1. The number of fused-ring (bicyclic) bond motifs is 1. The Labute approximate surface area is 113 Å². The van der Waals surface area contributed by atoms with E-state index >= 15 is 0 Å². The number of rotatable bonds is 2. The van der Waals surface area contributed by atoms with Crippen LogP contribution in [0.1, 0.15) is 12.2 Å². The first-order valence-electron chi connectivity index (χ1n) is 6.31. The molecule has 7 heteroatoms. The van der Waals surface area contributed by atoms with Crippen LogP contribution in [0.2, 0.25) is 0 Å². The lowest BCUT2D eigenvalue weighted by atomic mass is 10.2. The summed E-state index contributed by atoms with van der Waals surface area (Å²) in [7, 11) is 0. The van der Waals surface area contributed by atoms with Gasteiger partial charge in [-0.05, 0) is 25.1 Å². The minimum absolute atomic E-state index is 0.447. The first-order chi connectivity index (χ1) is 9.43. The van der Waals surface area contributed by atoms with Gasteiger partial charge in [0.15, 0.2) is 0 Å². The predicted molar refractivity (Wildman–Crippen MR) is 70.8 cm³/mol. The quantitative estimate of drug-likeness (QED) is 0.785. The van der Waals surface area contributed by atoms with Gasteiger partial charge in [-0.15, -0.1) is 0 Å². The zero-order valence-corrected chi connectivity index (χ0v) is 10.8. The van der Waals surface area contributed by atoms with Crippen molar-refractivity contribution in [3.05, 3.63) is 24.0 Å². The van der Waals surface area contributed by atoms with Crippen molar-refractivity contribution in [2.75, 3.05) is 11.9 Å². The molecule has 20 heavy (non-hydrogen) atoms. The van der Waals surface area contributed by atoms with Gasteiger partial charge in [0.05, 0.1) is 23.6 Å². The number of benzene rings is 1. The zero-order chi connectivity index (χ0) is 14.3. The summed E-state index contributed by atoms with van der Waals surface area (Å²) in [6.45, 7) is 1.38. The van der Waals surface area contributed by atoms with Crippen molar-refractivity contribution in [1.82, 2.24) is 15.3 Å². The smallest absolute Gasteiger partial charge is 0.262 e. The number of carbonyl (C=O) groups excluding carboxylic acids is 1. The van der Waals surface area contributed by atoms with Crippen LogP contribution in [-0.2, 0) is 4.79 Å². The van der Waals surface area contributed by atoms with E-state index in [2.05, 4.69) is 20.6 Å². The van der Waals surface area contributed by atoms with Gasteiger partial charge in [-0.1, -0.05) is 0 Å². The molecule has 106 valence electrons. The molecule has 0 bridgehead atoms. The second kappa shape index (κ2) is 4.52. The number of aromatic nitrogens is 2. The normalized spacial score (nSPS) is 21.2. The van der Waals surface area contributed by atoms with Gasteiger partial charge in [0.2, 0.25) is 5.91 Å². The maximum absolute atomic E-state index is 13.0. The second-order valence-corrected chi connectivity index (χ2v) is 5.04. The van der Waals surface area contributed by atoms with Crippen LogP contribution in [-0.4, -0.2) is 34.4 Å². The van der Waals surface area contributed by atoms with Crippen LogP contribution in [0.3, 0.4) is 0 Å². The fraction of sp³-hybridized carbons (Fsp3) is 0.385. The lowest BCUT2D eigenvalue weighted by molar-refractivity contribution is -0.118. The highest BCUT2D eigenvalue weighted by Crippen LogP contribution is 2.26. The minimum atomic E-state index is -2.81. The van der Waals surface area contributed by atoms with Crippen LogP contribution in [0.15, 0.2) is 18.2 Å². The Bertz CT molecular complexity index is 667. The molecule has 5 nitrogen and oxygen atoms in total. The summed E-state index contributed by atoms with van der Waals surface area (Å²) in [5, 5.41) is 5.17. The Morgan fingerprint density at radius 3 is 3.00 bits per heavy atom. The third-order valence-corrected chi connectivity index (χ3v) is 3.29. The number of hydrogen-bond donors (Lipinski definition) is 3. The Kier molecular flexibility index (Phi) is 2.93. The average Bonchev–Trinajstić information content (AvgIpc) is 2.90. The summed E-state index contributed by atoms with van der Waals surface area (Å²) >= 11 is 0. The summed E-state index contributed by atoms with van der Waals surface area (Å²) in [6.07, 6.45) is -0.468. The molecule has 3 rings (SSSR count). The molecule has 1 aromatic heterocycles. The van der Waals surface area contributed by atoms with E-state index in [4.69, 9.17) is 0 Å². The molecule has 1 aromatic carbocycles. The molecular formula is C13H14F2N4O. The van der Waals surface area contributed by atoms with E-state index < -0.39 is 30.8 Å². The third kappa shape index (κ3) is 2.49. The molecule has 1 saturated heterocycles. The van der Waals surface area contributed by atoms with Gasteiger partial charge < -0.3 is 10.3 Å². The topological polar surface area (TPSA) is 69.8 Å². The first kappa shape index (κ1) is 13.0. The van der Waals surface area contributed by atoms with E-state index in [1.54, 1.807) is 18.2 Å². The van der Waals surface area contributed by atoms with Crippen LogP contribution >= 0.6 is 0 Å². The van der Waals surface area contributed by atoms with Crippen molar-refractivity contribution < 1.29 is 13.6 Å². The molecule has 2 heterocycles. The van der Waals surface area contributed by atoms with Gasteiger partial charge in [0.1, 0.15) is 5.82 Å². The monoisotopic (exact) mass is 280 g/mol. The van der Waals surface area contributed by atoms with Gasteiger partial charge in [-0.25, -0.2) is 13.8 Å². The van der Waals surface area contributed by atoms with Crippen molar-refractivity contribution in [1.29, 1.82) is 0 Å². The number of imidazole rings is 1. The summed E-state index contributed by atoms with van der Waals surface area (Å²) in [5.74, 6) is -2.48. The number of aryl methyl sites for hydroxylation is 1. The van der Waals surface area contributed by atoms with E-state index in [-0.39, 0.29) is 0 Å². The van der Waals surface area contributed by atoms with Crippen molar-refractivity contribution in [2.24, 2.45) is 0 Å². The predicted octanol–water partition coefficient (Wildman–Crippen LogP) is 1.81. The lowest BCUT2D eigenvalue weighted by Crippen LogP contribution is -2.35. The minimum Gasteiger partial charge on any atom is -0.342 e. The average molecular weight is 280 g/mol. The maximum Gasteiger partial charge on any atom is 0.262 e. The van der Waals surface area contributed by atoms with E-state index in [0.717, 1.165) is 16.9 Å². The number of nitrogens with one attached hydrogen (secondary N) is 3. The highest BCUT2D eigenvalue weighted by atomic mass is 19.3. The fourth-order valence-electron chi connectivity index (χ4n) is 2.35. The lowest BCUT2D eigenvalue weighted by Gasteiger charge is -2.11. The van der Waals surface area contributed by atoms with Gasteiger partial charge >= 0.3 is 0 Å². The van der Waals surface area contributed by atoms with Gasteiger partial charge in [-0.3, -0.25) is 10.1 Å². The Morgan fingerprint density at radius 1 is 1.50 bits per heavy atom. The first-order valence-corrected chi connectivity index (χ1v) is 6.31. The highest BCUT2D eigenvalue weighted by molar-refractivity contribution is 5.96. The summed E-state index contributed by atoms with van der Waals surface area (Å²) < 4.78 is 26.1. The Balaban J connectivity index is 1.74. The van der Waals surface area contributed by atoms with E-state index in [1.165, 1.54) is 0 Å². The third-order valence-electron chi connectivity index (χ3n) is 3.29. The maximum atomic E-state index is 13.0. The molecule has 0 radical (unpaired) electrons. The number of hydrogen-bond acceptors (Lipinski definition) is 3. The number of nitrogens with zero attached hydrogens (tertiary/aromatic N) is 1. The number of halogens is 2. The van der Waals surface area contributed by atoms with Gasteiger partial charge in [0.25, 0.3) is 5.92 Å². The van der Waals surface area contributed by atoms with Crippen molar-refractivity contribution in [3.63, 3.8) is 0 Å². The van der Waals surface area contributed by atoms with Crippen LogP contribution < -0.4 is 10.6 Å². The van der Waals surface area contributed by atoms with Crippen LogP contribution in [0, 0.1) is 6.92 Å². The van der Waals surface area contributed by atoms with Crippen LogP contribution in [0.25, 0.3) is 11.0 Å². The molecule has 1 aliphatic rings. The number of alkyl halides is 2. The number of aromatic amines is 1. The summed E-state index contributed by atoms with van der Waals surface area (Å²) in [6, 6.07) is 4.35. The standard InChI is InChI=1S/C13H14F2N4O/c1-7-17-9-3-2-8(4-10(9)18-7)19-12(20)11-5-13(14,15)6-16-11/h2-4,11,16H,5-6H2,1H3,(H,17,18)(H,19,20). The van der Waals surface area contributed by atoms with Crippen LogP contribution in [0.4, 0.5) is 14.5 Å². The largest absolute Gasteiger partial charge is 0.342 e. The molecule has 2 aromatic rings. The van der Waals surface area contributed by atoms with Crippen molar-refractivity contribution >= 4 is 22.6 Å². The van der Waals surface area contributed by atoms with Gasteiger partial charge in [0, 0.05) is 12.1 Å². The SMILES string of the molecule is Cc1nc2ccc(NC(=O)C3CC(F)(F)CN3)cc2[nH]1. The molecule has 1 atom stereocenters. The second-order valence-electron chi connectivity index (χ2n) is 5.04. The van der Waals surface area contributed by atoms with E-state index in [0.29, 0.717) is 5.69 Å². The molecule has 0 spiro atoms. The van der Waals surface area contributed by atoms with E-state index in [9.17, 15) is 13.6 Å². The highest BCUT2D eigenvalue weighted by Gasteiger charge is 2.42. The van der Waals surface area contributed by atoms with E-state index in [1.807, 2.05) is 6.92 Å². The summed E-state index contributed by atoms with van der Waals surface area (Å²) in [4.78, 5) is 19.2. The Hall–Kier alpha value is -2.02. The number of carbonyl (C=O) groups is 1.